The van der Waals surface area contributed by atoms with Gasteiger partial charge in [-0.15, -0.1) is 0 Å². The van der Waals surface area contributed by atoms with Gasteiger partial charge in [0.05, 0.1) is 12.3 Å². The molecule has 2 N–H and O–H groups in total. The standard InChI is InChI=1S/C27H21Br2N3O6/c1-2-37-22-13-16(21(29)14-23(22)38-15-24(33)30-18-6-4-3-5-7-18)12-20-25(34)31-27(36)32(26(20)35)19-10-8-17(28)9-11-19/h3-14H,2,15H2,1H3,(H,30,33)(H,31,34,36)/b20-12+. The van der Waals surface area contributed by atoms with E-state index in [4.69, 9.17) is 9.47 Å². The van der Waals surface area contributed by atoms with Gasteiger partial charge < -0.3 is 14.8 Å². The Morgan fingerprint density at radius 2 is 1.66 bits per heavy atom. The van der Waals surface area contributed by atoms with Crippen LogP contribution in [0.15, 0.2) is 81.2 Å². The zero-order valence-corrected chi connectivity index (χ0v) is 23.2. The Balaban J connectivity index is 1.59. The molecule has 0 unspecified atom stereocenters. The molecule has 0 bridgehead atoms. The molecule has 0 aromatic heterocycles. The van der Waals surface area contributed by atoms with Crippen LogP contribution in [-0.4, -0.2) is 37.0 Å². The number of para-hydroxylation sites is 1. The lowest BCUT2D eigenvalue weighted by molar-refractivity contribution is -0.122. The van der Waals surface area contributed by atoms with E-state index in [1.165, 1.54) is 6.08 Å². The van der Waals surface area contributed by atoms with Gasteiger partial charge in [-0.3, -0.25) is 19.7 Å². The molecular weight excluding hydrogens is 622 g/mol. The summed E-state index contributed by atoms with van der Waals surface area (Å²) >= 11 is 6.74. The lowest BCUT2D eigenvalue weighted by Crippen LogP contribution is -2.54. The molecule has 5 amide bonds. The first-order valence-corrected chi connectivity index (χ1v) is 13.0. The van der Waals surface area contributed by atoms with Crippen LogP contribution in [0.2, 0.25) is 0 Å². The lowest BCUT2D eigenvalue weighted by atomic mass is 10.1. The number of imide groups is 2. The van der Waals surface area contributed by atoms with Gasteiger partial charge in [0.25, 0.3) is 17.7 Å². The van der Waals surface area contributed by atoms with Crippen LogP contribution in [0.1, 0.15) is 12.5 Å². The number of hydrogen-bond acceptors (Lipinski definition) is 6. The van der Waals surface area contributed by atoms with Gasteiger partial charge in [-0.25, -0.2) is 9.69 Å². The number of halogens is 2. The summed E-state index contributed by atoms with van der Waals surface area (Å²) in [5.74, 6) is -1.36. The Kier molecular flexibility index (Phi) is 8.59. The molecule has 1 fully saturated rings. The molecule has 0 spiro atoms. The normalized spacial score (nSPS) is 14.3. The van der Waals surface area contributed by atoms with Crippen LogP contribution in [0.5, 0.6) is 11.5 Å². The van der Waals surface area contributed by atoms with Crippen molar-refractivity contribution >= 4 is 73.1 Å². The minimum Gasteiger partial charge on any atom is -0.490 e. The maximum Gasteiger partial charge on any atom is 0.335 e. The number of carbonyl (C=O) groups excluding carboxylic acids is 4. The van der Waals surface area contributed by atoms with E-state index in [9.17, 15) is 19.2 Å². The smallest absolute Gasteiger partial charge is 0.335 e. The molecule has 0 radical (unpaired) electrons. The number of ether oxygens (including phenoxy) is 2. The molecule has 0 atom stereocenters. The van der Waals surface area contributed by atoms with Crippen molar-refractivity contribution in [3.63, 3.8) is 0 Å². The number of nitrogens with zero attached hydrogens (tertiary/aromatic N) is 1. The predicted octanol–water partition coefficient (Wildman–Crippen LogP) is 5.29. The van der Waals surface area contributed by atoms with Crippen LogP contribution >= 0.6 is 31.9 Å². The monoisotopic (exact) mass is 641 g/mol. The second kappa shape index (κ2) is 12.1. The van der Waals surface area contributed by atoms with Gasteiger partial charge >= 0.3 is 6.03 Å². The number of hydrogen-bond donors (Lipinski definition) is 2. The van der Waals surface area contributed by atoms with Crippen molar-refractivity contribution in [1.82, 2.24) is 5.32 Å². The Bertz CT molecular complexity index is 1420. The summed E-state index contributed by atoms with van der Waals surface area (Å²) in [7, 11) is 0. The minimum atomic E-state index is -0.842. The maximum absolute atomic E-state index is 13.2. The Hall–Kier alpha value is -3.96. The van der Waals surface area contributed by atoms with Crippen LogP contribution < -0.4 is 25.0 Å². The molecule has 0 saturated carbocycles. The van der Waals surface area contributed by atoms with Crippen molar-refractivity contribution in [3.8, 4) is 11.5 Å². The summed E-state index contributed by atoms with van der Waals surface area (Å²) in [5, 5.41) is 4.93. The predicted molar refractivity (Wildman–Crippen MR) is 149 cm³/mol. The van der Waals surface area contributed by atoms with Gasteiger partial charge in [-0.1, -0.05) is 50.1 Å². The fourth-order valence-electron chi connectivity index (χ4n) is 3.54. The average molecular weight is 643 g/mol. The minimum absolute atomic E-state index is 0.244. The quantitative estimate of drug-likeness (QED) is 0.255. The van der Waals surface area contributed by atoms with Crippen molar-refractivity contribution in [2.75, 3.05) is 23.4 Å². The molecule has 194 valence electrons. The summed E-state index contributed by atoms with van der Waals surface area (Å²) in [6.07, 6.45) is 1.36. The highest BCUT2D eigenvalue weighted by Crippen LogP contribution is 2.35. The average Bonchev–Trinajstić information content (AvgIpc) is 2.89. The van der Waals surface area contributed by atoms with Gasteiger partial charge in [-0.05, 0) is 67.1 Å². The van der Waals surface area contributed by atoms with Crippen molar-refractivity contribution in [2.24, 2.45) is 0 Å². The highest BCUT2D eigenvalue weighted by atomic mass is 79.9. The number of nitrogens with one attached hydrogen (secondary N) is 2. The highest BCUT2D eigenvalue weighted by molar-refractivity contribution is 9.10. The summed E-state index contributed by atoms with van der Waals surface area (Å²) in [6, 6.07) is 17.8. The molecule has 1 aliphatic heterocycles. The molecule has 4 rings (SSSR count). The van der Waals surface area contributed by atoms with E-state index in [2.05, 4.69) is 42.5 Å². The second-order valence-corrected chi connectivity index (χ2v) is 9.66. The molecule has 3 aromatic carbocycles. The highest BCUT2D eigenvalue weighted by Gasteiger charge is 2.37. The molecule has 1 saturated heterocycles. The fourth-order valence-corrected chi connectivity index (χ4v) is 4.24. The third-order valence-corrected chi connectivity index (χ3v) is 6.48. The number of barbiturate groups is 1. The molecule has 11 heteroatoms. The molecular formula is C27H21Br2N3O6. The summed E-state index contributed by atoms with van der Waals surface area (Å²) < 4.78 is 12.6. The third-order valence-electron chi connectivity index (χ3n) is 5.27. The van der Waals surface area contributed by atoms with Gasteiger partial charge in [-0.2, -0.15) is 0 Å². The number of carbonyl (C=O) groups is 4. The van der Waals surface area contributed by atoms with Gasteiger partial charge in [0, 0.05) is 14.6 Å². The van der Waals surface area contributed by atoms with Crippen LogP contribution in [0.3, 0.4) is 0 Å². The molecule has 1 heterocycles. The zero-order chi connectivity index (χ0) is 27.2. The Morgan fingerprint density at radius 3 is 2.34 bits per heavy atom. The molecule has 3 aromatic rings. The first kappa shape index (κ1) is 27.1. The zero-order valence-electron chi connectivity index (χ0n) is 20.0. The van der Waals surface area contributed by atoms with Crippen LogP contribution in [0, 0.1) is 0 Å². The Labute approximate surface area is 235 Å². The number of anilines is 2. The van der Waals surface area contributed by atoms with E-state index < -0.39 is 17.8 Å². The first-order valence-electron chi connectivity index (χ1n) is 11.4. The summed E-state index contributed by atoms with van der Waals surface area (Å²) in [6.45, 7) is 1.81. The van der Waals surface area contributed by atoms with E-state index in [-0.39, 0.29) is 23.8 Å². The SMILES string of the molecule is CCOc1cc(/C=C2\C(=O)NC(=O)N(c3ccc(Br)cc3)C2=O)c(Br)cc1OCC(=O)Nc1ccccc1. The summed E-state index contributed by atoms with van der Waals surface area (Å²) in [5.41, 5.74) is 1.13. The van der Waals surface area contributed by atoms with Crippen LogP contribution in [0.25, 0.3) is 6.08 Å². The molecule has 0 aliphatic carbocycles. The molecule has 1 aliphatic rings. The summed E-state index contributed by atoms with van der Waals surface area (Å²) in [4.78, 5) is 51.5. The van der Waals surface area contributed by atoms with Crippen molar-refractivity contribution < 1.29 is 28.7 Å². The van der Waals surface area contributed by atoms with Crippen molar-refractivity contribution in [3.05, 3.63) is 86.8 Å². The van der Waals surface area contributed by atoms with Crippen molar-refractivity contribution in [2.45, 2.75) is 6.92 Å². The number of urea groups is 1. The fraction of sp³-hybridized carbons (Fsp3) is 0.111. The lowest BCUT2D eigenvalue weighted by Gasteiger charge is -2.26. The van der Waals surface area contributed by atoms with E-state index in [1.807, 2.05) is 6.07 Å². The van der Waals surface area contributed by atoms with E-state index in [0.29, 0.717) is 33.8 Å². The van der Waals surface area contributed by atoms with Gasteiger partial charge in [0.2, 0.25) is 0 Å². The maximum atomic E-state index is 13.2. The number of amides is 5. The van der Waals surface area contributed by atoms with Crippen LogP contribution in [-0.2, 0) is 14.4 Å². The molecule has 38 heavy (non-hydrogen) atoms. The molecule has 9 nitrogen and oxygen atoms in total. The third kappa shape index (κ3) is 6.29. The van der Waals surface area contributed by atoms with Gasteiger partial charge in [0.15, 0.2) is 18.1 Å². The van der Waals surface area contributed by atoms with Gasteiger partial charge in [0.1, 0.15) is 5.57 Å². The topological polar surface area (TPSA) is 114 Å². The largest absolute Gasteiger partial charge is 0.490 e. The van der Waals surface area contributed by atoms with Crippen molar-refractivity contribution in [1.29, 1.82) is 0 Å². The second-order valence-electron chi connectivity index (χ2n) is 7.89. The van der Waals surface area contributed by atoms with E-state index in [0.717, 1.165) is 9.37 Å². The number of rotatable bonds is 8. The number of benzene rings is 3. The van der Waals surface area contributed by atoms with E-state index in [1.54, 1.807) is 67.6 Å². The first-order chi connectivity index (χ1) is 18.3. The van der Waals surface area contributed by atoms with E-state index >= 15 is 0 Å². The Morgan fingerprint density at radius 1 is 0.974 bits per heavy atom. The van der Waals surface area contributed by atoms with Crippen LogP contribution in [0.4, 0.5) is 16.2 Å².